The number of hydrogen-bond donors (Lipinski definition) is 1. The van der Waals surface area contributed by atoms with E-state index in [1.165, 1.54) is 30.3 Å². The summed E-state index contributed by atoms with van der Waals surface area (Å²) < 4.78 is 27.2. The van der Waals surface area contributed by atoms with E-state index in [1.807, 2.05) is 0 Å². The molecule has 3 rings (SSSR count). The zero-order chi connectivity index (χ0) is 16.6. The molecule has 0 amide bonds. The van der Waals surface area contributed by atoms with Crippen LogP contribution in [0.4, 0.5) is 8.78 Å². The van der Waals surface area contributed by atoms with E-state index in [0.717, 1.165) is 16.4 Å². The van der Waals surface area contributed by atoms with Gasteiger partial charge in [0, 0.05) is 16.8 Å². The maximum atomic E-state index is 13.3. The highest BCUT2D eigenvalue weighted by molar-refractivity contribution is 7.98. The van der Waals surface area contributed by atoms with Crippen molar-refractivity contribution >= 4 is 34.3 Å². The first-order valence-electron chi connectivity index (χ1n) is 6.50. The minimum absolute atomic E-state index is 0.216. The first-order chi connectivity index (χ1) is 11.0. The van der Waals surface area contributed by atoms with E-state index in [0.29, 0.717) is 11.3 Å². The number of nitrogens with two attached hydrogens (primary N) is 1. The van der Waals surface area contributed by atoms with Gasteiger partial charge in [-0.1, -0.05) is 29.4 Å². The zero-order valence-electron chi connectivity index (χ0n) is 11.6. The highest BCUT2D eigenvalue weighted by atomic mass is 35.5. The van der Waals surface area contributed by atoms with Crippen LogP contribution in [0.5, 0.6) is 0 Å². The summed E-state index contributed by atoms with van der Waals surface area (Å²) in [5.41, 5.74) is 0.429. The van der Waals surface area contributed by atoms with Gasteiger partial charge in [0.2, 0.25) is 0 Å². The van der Waals surface area contributed by atoms with E-state index in [2.05, 4.69) is 4.98 Å². The molecule has 2 aromatic carbocycles. The van der Waals surface area contributed by atoms with Crippen molar-refractivity contribution in [1.29, 1.82) is 0 Å². The molecule has 0 bridgehead atoms. The minimum Gasteiger partial charge on any atom is -0.334 e. The number of benzene rings is 2. The highest BCUT2D eigenvalue weighted by Crippen LogP contribution is 2.26. The standard InChI is InChI=1S/C15H10ClF2N3OS/c16-12-5-9(17)2-1-8(12)7-23-15-20-13-6-10(18)3-4-11(13)14(22)21(15)19/h1-6H,7,19H2. The highest BCUT2D eigenvalue weighted by Gasteiger charge is 2.11. The third-order valence-electron chi connectivity index (χ3n) is 3.20. The molecule has 0 aliphatic rings. The lowest BCUT2D eigenvalue weighted by atomic mass is 10.2. The second-order valence-corrected chi connectivity index (χ2v) is 6.11. The van der Waals surface area contributed by atoms with Crippen molar-refractivity contribution < 1.29 is 8.78 Å². The van der Waals surface area contributed by atoms with Crippen LogP contribution >= 0.6 is 23.4 Å². The summed E-state index contributed by atoms with van der Waals surface area (Å²) in [6, 6.07) is 7.73. The Morgan fingerprint density at radius 3 is 2.61 bits per heavy atom. The molecule has 0 radical (unpaired) electrons. The average molecular weight is 354 g/mol. The predicted molar refractivity (Wildman–Crippen MR) is 87.1 cm³/mol. The second-order valence-electron chi connectivity index (χ2n) is 4.76. The normalized spacial score (nSPS) is 11.1. The van der Waals surface area contributed by atoms with Crippen molar-refractivity contribution in [1.82, 2.24) is 9.66 Å². The van der Waals surface area contributed by atoms with E-state index >= 15 is 0 Å². The van der Waals surface area contributed by atoms with Crippen molar-refractivity contribution in [2.24, 2.45) is 0 Å². The van der Waals surface area contributed by atoms with Gasteiger partial charge in [-0.3, -0.25) is 4.79 Å². The van der Waals surface area contributed by atoms with Gasteiger partial charge < -0.3 is 5.84 Å². The van der Waals surface area contributed by atoms with Crippen molar-refractivity contribution in [3.05, 3.63) is 69.0 Å². The Hall–Kier alpha value is -2.12. The maximum Gasteiger partial charge on any atom is 0.280 e. The summed E-state index contributed by atoms with van der Waals surface area (Å²) in [5, 5.41) is 0.724. The number of aromatic nitrogens is 2. The Morgan fingerprint density at radius 2 is 1.87 bits per heavy atom. The molecular weight excluding hydrogens is 344 g/mol. The Kier molecular flexibility index (Phi) is 4.23. The Labute approximate surface area is 138 Å². The van der Waals surface area contributed by atoms with Gasteiger partial charge in [0.05, 0.1) is 10.9 Å². The van der Waals surface area contributed by atoms with E-state index in [-0.39, 0.29) is 21.1 Å². The lowest BCUT2D eigenvalue weighted by Gasteiger charge is -2.09. The third-order valence-corrected chi connectivity index (χ3v) is 4.56. The smallest absolute Gasteiger partial charge is 0.280 e. The zero-order valence-corrected chi connectivity index (χ0v) is 13.2. The quantitative estimate of drug-likeness (QED) is 0.445. The van der Waals surface area contributed by atoms with Crippen LogP contribution < -0.4 is 11.4 Å². The molecule has 0 atom stereocenters. The topological polar surface area (TPSA) is 60.9 Å². The number of halogens is 3. The number of nitrogen functional groups attached to an aromatic ring is 1. The lowest BCUT2D eigenvalue weighted by molar-refractivity contribution is 0.627. The number of rotatable bonds is 3. The number of hydrogen-bond acceptors (Lipinski definition) is 4. The molecule has 1 heterocycles. The molecule has 0 saturated heterocycles. The van der Waals surface area contributed by atoms with Crippen molar-refractivity contribution in [2.45, 2.75) is 10.9 Å². The summed E-state index contributed by atoms with van der Waals surface area (Å²) in [7, 11) is 0. The minimum atomic E-state index is -0.489. The summed E-state index contributed by atoms with van der Waals surface area (Å²) in [5.74, 6) is 5.16. The molecule has 0 aliphatic carbocycles. The van der Waals surface area contributed by atoms with Crippen LogP contribution in [0.3, 0.4) is 0 Å². The van der Waals surface area contributed by atoms with E-state index in [1.54, 1.807) is 6.07 Å². The van der Waals surface area contributed by atoms with Crippen LogP contribution in [-0.4, -0.2) is 9.66 Å². The molecule has 4 nitrogen and oxygen atoms in total. The summed E-state index contributed by atoms with van der Waals surface area (Å²) in [6.45, 7) is 0. The van der Waals surface area contributed by atoms with Crippen molar-refractivity contribution in [2.75, 3.05) is 5.84 Å². The first-order valence-corrected chi connectivity index (χ1v) is 7.86. The van der Waals surface area contributed by atoms with E-state index in [9.17, 15) is 13.6 Å². The predicted octanol–water partition coefficient (Wildman–Crippen LogP) is 3.33. The molecular formula is C15H10ClF2N3OS. The molecule has 118 valence electrons. The number of fused-ring (bicyclic) bond motifs is 1. The van der Waals surface area contributed by atoms with Crippen molar-refractivity contribution in [3.63, 3.8) is 0 Å². The van der Waals surface area contributed by atoms with Gasteiger partial charge in [-0.05, 0) is 29.8 Å². The third kappa shape index (κ3) is 3.16. The number of thioether (sulfide) groups is 1. The molecule has 0 spiro atoms. The van der Waals surface area contributed by atoms with Gasteiger partial charge in [0.15, 0.2) is 5.16 Å². The fourth-order valence-corrected chi connectivity index (χ4v) is 3.27. The molecule has 0 fully saturated rings. The molecule has 0 unspecified atom stereocenters. The van der Waals surface area contributed by atoms with Crippen LogP contribution in [0.1, 0.15) is 5.56 Å². The van der Waals surface area contributed by atoms with Gasteiger partial charge in [-0.15, -0.1) is 0 Å². The lowest BCUT2D eigenvalue weighted by Crippen LogP contribution is -2.29. The van der Waals surface area contributed by atoms with Gasteiger partial charge in [0.25, 0.3) is 5.56 Å². The van der Waals surface area contributed by atoms with Crippen LogP contribution in [0.2, 0.25) is 5.02 Å². The van der Waals surface area contributed by atoms with Crippen LogP contribution in [0.25, 0.3) is 10.9 Å². The second kappa shape index (κ2) is 6.17. The fraction of sp³-hybridized carbons (Fsp3) is 0.0667. The van der Waals surface area contributed by atoms with Crippen LogP contribution in [0, 0.1) is 11.6 Å². The Morgan fingerprint density at radius 1 is 1.17 bits per heavy atom. The largest absolute Gasteiger partial charge is 0.334 e. The molecule has 1 aromatic heterocycles. The molecule has 0 aliphatic heterocycles. The first kappa shape index (κ1) is 15.8. The van der Waals surface area contributed by atoms with E-state index < -0.39 is 17.2 Å². The van der Waals surface area contributed by atoms with Crippen molar-refractivity contribution in [3.8, 4) is 0 Å². The molecule has 0 saturated carbocycles. The van der Waals surface area contributed by atoms with Crippen LogP contribution in [-0.2, 0) is 5.75 Å². The van der Waals surface area contributed by atoms with Gasteiger partial charge >= 0.3 is 0 Å². The van der Waals surface area contributed by atoms with Gasteiger partial charge in [-0.25, -0.2) is 18.4 Å². The molecule has 23 heavy (non-hydrogen) atoms. The number of nitrogens with zero attached hydrogens (tertiary/aromatic N) is 2. The SMILES string of the molecule is Nn1c(SCc2ccc(F)cc2Cl)nc2cc(F)ccc2c1=O. The fourth-order valence-electron chi connectivity index (χ4n) is 2.03. The van der Waals surface area contributed by atoms with Gasteiger partial charge in [-0.2, -0.15) is 0 Å². The Balaban J connectivity index is 1.96. The van der Waals surface area contributed by atoms with Gasteiger partial charge in [0.1, 0.15) is 11.6 Å². The monoisotopic (exact) mass is 353 g/mol. The average Bonchev–Trinajstić information content (AvgIpc) is 2.50. The molecule has 8 heteroatoms. The van der Waals surface area contributed by atoms with Crippen LogP contribution in [0.15, 0.2) is 46.3 Å². The summed E-state index contributed by atoms with van der Waals surface area (Å²) in [4.78, 5) is 16.4. The Bertz CT molecular complexity index is 961. The molecule has 3 aromatic rings. The molecule has 2 N–H and O–H groups in total. The summed E-state index contributed by atoms with van der Waals surface area (Å²) >= 11 is 7.11. The van der Waals surface area contributed by atoms with E-state index in [4.69, 9.17) is 17.4 Å². The summed E-state index contributed by atoms with van der Waals surface area (Å²) in [6.07, 6.45) is 0. The maximum absolute atomic E-state index is 13.3.